The smallest absolute Gasteiger partial charge is 0.0141 e. The van der Waals surface area contributed by atoms with Gasteiger partial charge in [-0.2, -0.15) is 0 Å². The van der Waals surface area contributed by atoms with Crippen LogP contribution in [0.3, 0.4) is 0 Å². The third-order valence-electron chi connectivity index (χ3n) is 1.97. The second-order valence-electron chi connectivity index (χ2n) is 2.79. The summed E-state index contributed by atoms with van der Waals surface area (Å²) in [5.74, 6) is 0.704. The van der Waals surface area contributed by atoms with Crippen LogP contribution in [-0.2, 0) is 0 Å². The van der Waals surface area contributed by atoms with Crippen LogP contribution in [0.15, 0.2) is 37.0 Å². The van der Waals surface area contributed by atoms with Crippen molar-refractivity contribution in [3.63, 3.8) is 0 Å². The molecule has 0 aromatic heterocycles. The molecule has 0 saturated carbocycles. The first-order chi connectivity index (χ1) is 4.86. The zero-order chi connectivity index (χ0) is 7.40. The van der Waals surface area contributed by atoms with Gasteiger partial charge in [0.05, 0.1) is 0 Å². The van der Waals surface area contributed by atoms with Crippen LogP contribution in [0.25, 0.3) is 0 Å². The quantitative estimate of drug-likeness (QED) is 0.520. The number of hydrogen-bond donors (Lipinski definition) is 0. The van der Waals surface area contributed by atoms with E-state index < -0.39 is 0 Å². The van der Waals surface area contributed by atoms with Crippen molar-refractivity contribution in [3.8, 4) is 0 Å². The molecule has 0 heteroatoms. The van der Waals surface area contributed by atoms with Gasteiger partial charge in [0.15, 0.2) is 0 Å². The van der Waals surface area contributed by atoms with E-state index in [1.807, 2.05) is 12.2 Å². The largest absolute Gasteiger partial charge is 0.103 e. The Kier molecular flexibility index (Phi) is 2.49. The van der Waals surface area contributed by atoms with Gasteiger partial charge in [-0.3, -0.25) is 0 Å². The normalized spacial score (nSPS) is 24.0. The van der Waals surface area contributed by atoms with Gasteiger partial charge in [-0.25, -0.2) is 0 Å². The molecule has 1 aliphatic carbocycles. The molecule has 0 heterocycles. The van der Waals surface area contributed by atoms with Gasteiger partial charge in [-0.1, -0.05) is 23.8 Å². The van der Waals surface area contributed by atoms with E-state index in [1.165, 1.54) is 18.4 Å². The van der Waals surface area contributed by atoms with Gasteiger partial charge in [-0.15, -0.1) is 13.2 Å². The van der Waals surface area contributed by atoms with Gasteiger partial charge in [0.2, 0.25) is 0 Å². The minimum Gasteiger partial charge on any atom is -0.103 e. The van der Waals surface area contributed by atoms with Crippen LogP contribution in [0, 0.1) is 5.92 Å². The summed E-state index contributed by atoms with van der Waals surface area (Å²) in [6, 6.07) is 0. The number of hydrogen-bond acceptors (Lipinski definition) is 0. The van der Waals surface area contributed by atoms with Crippen LogP contribution in [0.1, 0.15) is 19.3 Å². The minimum absolute atomic E-state index is 0.704. The number of allylic oxidation sites excluding steroid dienone is 4. The van der Waals surface area contributed by atoms with Crippen molar-refractivity contribution in [3.05, 3.63) is 37.0 Å². The Morgan fingerprint density at radius 2 is 2.40 bits per heavy atom. The third-order valence-corrected chi connectivity index (χ3v) is 1.97. The zero-order valence-electron chi connectivity index (χ0n) is 6.34. The Morgan fingerprint density at radius 1 is 1.60 bits per heavy atom. The first-order valence-electron chi connectivity index (χ1n) is 3.78. The van der Waals surface area contributed by atoms with E-state index in [9.17, 15) is 0 Å². The van der Waals surface area contributed by atoms with Gasteiger partial charge in [0.25, 0.3) is 0 Å². The second-order valence-corrected chi connectivity index (χ2v) is 2.79. The predicted octanol–water partition coefficient (Wildman–Crippen LogP) is 3.08. The van der Waals surface area contributed by atoms with Crippen molar-refractivity contribution >= 4 is 0 Å². The molecule has 54 valence electrons. The van der Waals surface area contributed by atoms with Crippen molar-refractivity contribution in [2.75, 3.05) is 0 Å². The fourth-order valence-corrected chi connectivity index (χ4v) is 1.35. The number of rotatable bonds is 3. The first kappa shape index (κ1) is 7.33. The fraction of sp³-hybridized carbons (Fsp3) is 0.400. The fourth-order valence-electron chi connectivity index (χ4n) is 1.35. The highest BCUT2D eigenvalue weighted by molar-refractivity contribution is 5.15. The minimum atomic E-state index is 0.704. The average Bonchev–Trinajstić information content (AvgIpc) is 2.37. The van der Waals surface area contributed by atoms with Crippen LogP contribution in [-0.4, -0.2) is 0 Å². The van der Waals surface area contributed by atoms with Crippen LogP contribution >= 0.6 is 0 Å². The summed E-state index contributed by atoms with van der Waals surface area (Å²) in [4.78, 5) is 0. The van der Waals surface area contributed by atoms with Crippen molar-refractivity contribution in [2.45, 2.75) is 19.3 Å². The molecule has 10 heavy (non-hydrogen) atoms. The molecule has 0 radical (unpaired) electrons. The van der Waals surface area contributed by atoms with Crippen molar-refractivity contribution in [2.24, 2.45) is 5.92 Å². The lowest BCUT2D eigenvalue weighted by Crippen LogP contribution is -1.86. The highest BCUT2D eigenvalue weighted by Gasteiger charge is 2.11. The van der Waals surface area contributed by atoms with Crippen molar-refractivity contribution < 1.29 is 0 Å². The molecule has 0 fully saturated rings. The van der Waals surface area contributed by atoms with Crippen LogP contribution in [0.2, 0.25) is 0 Å². The van der Waals surface area contributed by atoms with E-state index >= 15 is 0 Å². The lowest BCUT2D eigenvalue weighted by Gasteiger charge is -2.00. The third kappa shape index (κ3) is 1.60. The van der Waals surface area contributed by atoms with Gasteiger partial charge < -0.3 is 0 Å². The van der Waals surface area contributed by atoms with Gasteiger partial charge >= 0.3 is 0 Å². The maximum Gasteiger partial charge on any atom is -0.0141 e. The summed E-state index contributed by atoms with van der Waals surface area (Å²) in [6.07, 6.45) is 9.78. The first-order valence-corrected chi connectivity index (χ1v) is 3.78. The molecule has 0 saturated heterocycles. The van der Waals surface area contributed by atoms with Crippen molar-refractivity contribution in [1.29, 1.82) is 0 Å². The van der Waals surface area contributed by atoms with Crippen molar-refractivity contribution in [1.82, 2.24) is 0 Å². The topological polar surface area (TPSA) is 0 Å². The summed E-state index contributed by atoms with van der Waals surface area (Å²) < 4.78 is 0. The summed E-state index contributed by atoms with van der Waals surface area (Å²) in [6.45, 7) is 7.49. The Labute approximate surface area is 62.9 Å². The molecule has 1 unspecified atom stereocenters. The predicted molar refractivity (Wildman–Crippen MR) is 45.8 cm³/mol. The molecule has 0 aromatic carbocycles. The van der Waals surface area contributed by atoms with Crippen LogP contribution < -0.4 is 0 Å². The summed E-state index contributed by atoms with van der Waals surface area (Å²) in [7, 11) is 0. The Morgan fingerprint density at radius 3 is 2.90 bits per heavy atom. The van der Waals surface area contributed by atoms with E-state index in [0.29, 0.717) is 5.92 Å². The van der Waals surface area contributed by atoms with Gasteiger partial charge in [0.1, 0.15) is 0 Å². The summed E-state index contributed by atoms with van der Waals surface area (Å²) in [5, 5.41) is 0. The molecule has 0 nitrogen and oxygen atoms in total. The Bertz CT molecular complexity index is 163. The Balaban J connectivity index is 2.38. The maximum absolute atomic E-state index is 3.78. The van der Waals surface area contributed by atoms with Crippen LogP contribution in [0.5, 0.6) is 0 Å². The van der Waals surface area contributed by atoms with E-state index in [4.69, 9.17) is 0 Å². The van der Waals surface area contributed by atoms with E-state index in [2.05, 4.69) is 19.2 Å². The van der Waals surface area contributed by atoms with Gasteiger partial charge in [-0.05, 0) is 25.2 Å². The average molecular weight is 134 g/mol. The molecule has 0 bridgehead atoms. The van der Waals surface area contributed by atoms with E-state index in [0.717, 1.165) is 6.42 Å². The molecular weight excluding hydrogens is 120 g/mol. The lowest BCUT2D eigenvalue weighted by atomic mass is 10.0. The molecule has 1 atom stereocenters. The Hall–Kier alpha value is -0.780. The zero-order valence-corrected chi connectivity index (χ0v) is 6.34. The molecular formula is C10H14. The molecule has 0 aromatic rings. The second kappa shape index (κ2) is 3.40. The highest BCUT2D eigenvalue weighted by Crippen LogP contribution is 2.27. The highest BCUT2D eigenvalue weighted by atomic mass is 14.2. The van der Waals surface area contributed by atoms with E-state index in [-0.39, 0.29) is 0 Å². The van der Waals surface area contributed by atoms with E-state index in [1.54, 1.807) is 0 Å². The molecule has 0 aliphatic heterocycles. The monoisotopic (exact) mass is 134 g/mol. The molecule has 0 N–H and O–H groups in total. The summed E-state index contributed by atoms with van der Waals surface area (Å²) >= 11 is 0. The lowest BCUT2D eigenvalue weighted by molar-refractivity contribution is 0.701. The SMILES string of the molecule is C=CCC1=CCC(C=C)C1. The van der Waals surface area contributed by atoms with Gasteiger partial charge in [0, 0.05) is 0 Å². The molecule has 1 aliphatic rings. The standard InChI is InChI=1S/C10H14/c1-3-5-10-7-6-9(4-2)8-10/h3-4,7,9H,1-2,5-6,8H2. The molecule has 0 amide bonds. The molecule has 0 spiro atoms. The molecule has 1 rings (SSSR count). The maximum atomic E-state index is 3.78. The van der Waals surface area contributed by atoms with Crippen LogP contribution in [0.4, 0.5) is 0 Å². The summed E-state index contributed by atoms with van der Waals surface area (Å²) in [5.41, 5.74) is 1.53.